The maximum Gasteiger partial charge on any atom is 0.335 e. The average molecular weight is 367 g/mol. The summed E-state index contributed by atoms with van der Waals surface area (Å²) < 4.78 is 9.44. The van der Waals surface area contributed by atoms with Crippen molar-refractivity contribution in [1.82, 2.24) is 0 Å². The second-order valence-electron chi connectivity index (χ2n) is 5.10. The number of methoxy groups -OCH3 is 2. The van der Waals surface area contributed by atoms with Crippen LogP contribution in [0.5, 0.6) is 23.0 Å². The van der Waals surface area contributed by atoms with Crippen LogP contribution in [-0.2, 0) is 13.2 Å². The number of aromatic amines is 1. The summed E-state index contributed by atoms with van der Waals surface area (Å²) in [6, 6.07) is 2.32. The number of carboxylic acids is 1. The Kier molecular flexibility index (Phi) is 7.63. The Hall–Kier alpha value is -3.04. The number of aromatic hydroxyl groups is 1. The van der Waals surface area contributed by atoms with Crippen LogP contribution in [0.15, 0.2) is 18.3 Å². The lowest BCUT2D eigenvalue weighted by atomic mass is 10.1. The molecule has 0 aliphatic carbocycles. The first-order valence-electron chi connectivity index (χ1n) is 7.40. The molecule has 0 unspecified atom stereocenters. The fraction of sp³-hybridized carbons (Fsp3) is 0.294. The maximum absolute atomic E-state index is 11.4. The second-order valence-corrected chi connectivity index (χ2v) is 5.10. The first-order valence-corrected chi connectivity index (χ1v) is 7.40. The number of carboxylic acid groups (broad SMARTS) is 1. The molecule has 0 bridgehead atoms. The summed E-state index contributed by atoms with van der Waals surface area (Å²) in [4.78, 5) is 13.4. The number of aromatic nitrogens is 1. The van der Waals surface area contributed by atoms with E-state index in [2.05, 4.69) is 4.98 Å². The molecule has 1 heterocycles. The number of benzene rings is 1. The molecule has 1 aromatic heterocycles. The van der Waals surface area contributed by atoms with Crippen molar-refractivity contribution in [3.63, 3.8) is 0 Å². The highest BCUT2D eigenvalue weighted by Crippen LogP contribution is 2.34. The van der Waals surface area contributed by atoms with E-state index in [4.69, 9.17) is 24.8 Å². The van der Waals surface area contributed by atoms with E-state index in [9.17, 15) is 15.0 Å². The molecule has 0 atom stereocenters. The Morgan fingerprint density at radius 3 is 2.08 bits per heavy atom. The zero-order valence-corrected chi connectivity index (χ0v) is 14.6. The third kappa shape index (κ3) is 4.74. The van der Waals surface area contributed by atoms with Crippen molar-refractivity contribution in [3.8, 4) is 23.0 Å². The Labute approximate surface area is 149 Å². The Morgan fingerprint density at radius 1 is 1.15 bits per heavy atom. The lowest BCUT2D eigenvalue weighted by Crippen LogP contribution is -2.11. The van der Waals surface area contributed by atoms with Gasteiger partial charge < -0.3 is 35.0 Å². The molecule has 0 radical (unpaired) electrons. The van der Waals surface area contributed by atoms with Gasteiger partial charge in [0.2, 0.25) is 5.69 Å². The van der Waals surface area contributed by atoms with Gasteiger partial charge in [-0.2, -0.15) is 0 Å². The topological polar surface area (TPSA) is 154 Å². The van der Waals surface area contributed by atoms with Crippen molar-refractivity contribution in [2.24, 2.45) is 0 Å². The summed E-state index contributed by atoms with van der Waals surface area (Å²) in [5.41, 5.74) is 1.43. The van der Waals surface area contributed by atoms with Crippen molar-refractivity contribution in [3.05, 3.63) is 40.7 Å². The van der Waals surface area contributed by atoms with Gasteiger partial charge in [-0.1, -0.05) is 0 Å². The SMILES string of the molecule is COc1cc(C(=O)O)cc(OC)c1[O-].Cc1[nH+]cc(CO)c(CO)c1O. The molecule has 5 N–H and O–H groups in total. The van der Waals surface area contributed by atoms with Crippen LogP contribution >= 0.6 is 0 Å². The number of ether oxygens (including phenoxy) is 2. The minimum Gasteiger partial charge on any atom is -0.867 e. The Morgan fingerprint density at radius 2 is 1.69 bits per heavy atom. The number of H-pyrrole nitrogens is 1. The van der Waals surface area contributed by atoms with Crippen molar-refractivity contribution in [2.45, 2.75) is 20.1 Å². The molecule has 1 aromatic carbocycles. The molecule has 0 aliphatic rings. The standard InChI is InChI=1S/C9H10O5.C8H11NO3/c1-13-6-3-5(9(11)12)4-7(14-2)8(6)10;1-5-8(12)7(4-11)6(3-10)2-9-5/h3-4,10H,1-2H3,(H,11,12);2,10-12H,3-4H2,1H3. The first-order chi connectivity index (χ1) is 12.3. The van der Waals surface area contributed by atoms with Crippen molar-refractivity contribution in [1.29, 1.82) is 0 Å². The zero-order chi connectivity index (χ0) is 19.9. The van der Waals surface area contributed by atoms with E-state index in [0.29, 0.717) is 16.8 Å². The minimum atomic E-state index is -1.14. The lowest BCUT2D eigenvalue weighted by Gasteiger charge is -2.17. The highest BCUT2D eigenvalue weighted by Gasteiger charge is 2.14. The number of carbonyl (C=O) groups is 1. The third-order valence-electron chi connectivity index (χ3n) is 3.53. The first kappa shape index (κ1) is 21.0. The van der Waals surface area contributed by atoms with E-state index in [0.717, 1.165) is 12.1 Å². The maximum atomic E-state index is 11.4. The molecule has 9 heteroatoms. The van der Waals surface area contributed by atoms with E-state index < -0.39 is 11.7 Å². The summed E-state index contributed by atoms with van der Waals surface area (Å²) in [6.07, 6.45) is 1.57. The highest BCUT2D eigenvalue weighted by molar-refractivity contribution is 5.89. The smallest absolute Gasteiger partial charge is 0.335 e. The number of aliphatic hydroxyl groups excluding tert-OH is 2. The molecular formula is C17H21NO8. The van der Waals surface area contributed by atoms with Gasteiger partial charge in [0.15, 0.2) is 11.9 Å². The molecule has 0 spiro atoms. The molecule has 9 nitrogen and oxygen atoms in total. The number of aryl methyl sites for hydroxylation is 1. The predicted octanol–water partition coefficient (Wildman–Crippen LogP) is -0.0251. The number of hydrogen-bond donors (Lipinski definition) is 4. The van der Waals surface area contributed by atoms with Crippen LogP contribution < -0.4 is 19.6 Å². The van der Waals surface area contributed by atoms with Gasteiger partial charge in [-0.3, -0.25) is 0 Å². The average Bonchev–Trinajstić information content (AvgIpc) is 2.64. The van der Waals surface area contributed by atoms with Crippen LogP contribution in [0.25, 0.3) is 0 Å². The molecule has 0 saturated carbocycles. The molecule has 0 fully saturated rings. The van der Waals surface area contributed by atoms with Crippen LogP contribution in [0.4, 0.5) is 0 Å². The summed E-state index contributed by atoms with van der Waals surface area (Å²) in [7, 11) is 2.59. The zero-order valence-electron chi connectivity index (χ0n) is 14.6. The number of nitrogens with one attached hydrogen (secondary N) is 1. The van der Waals surface area contributed by atoms with Crippen LogP contribution in [0.1, 0.15) is 27.2 Å². The van der Waals surface area contributed by atoms with E-state index in [1.165, 1.54) is 14.2 Å². The van der Waals surface area contributed by atoms with Gasteiger partial charge in [-0.25, -0.2) is 9.78 Å². The van der Waals surface area contributed by atoms with Crippen molar-refractivity contribution < 1.29 is 44.8 Å². The summed E-state index contributed by atoms with van der Waals surface area (Å²) in [6.45, 7) is 1.23. The quantitative estimate of drug-likeness (QED) is 0.575. The lowest BCUT2D eigenvalue weighted by molar-refractivity contribution is -0.389. The van der Waals surface area contributed by atoms with E-state index in [-0.39, 0.29) is 36.0 Å². The summed E-state index contributed by atoms with van der Waals surface area (Å²) in [5, 5.41) is 47.2. The van der Waals surface area contributed by atoms with E-state index in [1.54, 1.807) is 13.1 Å². The third-order valence-corrected chi connectivity index (χ3v) is 3.53. The summed E-state index contributed by atoms with van der Waals surface area (Å²) >= 11 is 0. The predicted molar refractivity (Wildman–Crippen MR) is 87.2 cm³/mol. The van der Waals surface area contributed by atoms with Gasteiger partial charge in [0.1, 0.15) is 11.5 Å². The van der Waals surface area contributed by atoms with Crippen molar-refractivity contribution >= 4 is 5.97 Å². The highest BCUT2D eigenvalue weighted by atomic mass is 16.5. The van der Waals surface area contributed by atoms with Gasteiger partial charge in [0.25, 0.3) is 0 Å². The monoisotopic (exact) mass is 367 g/mol. The van der Waals surface area contributed by atoms with Gasteiger partial charge in [-0.15, -0.1) is 0 Å². The van der Waals surface area contributed by atoms with E-state index >= 15 is 0 Å². The number of aliphatic hydroxyl groups is 2. The van der Waals surface area contributed by atoms with Crippen LogP contribution in [0.2, 0.25) is 0 Å². The molecule has 142 valence electrons. The fourth-order valence-corrected chi connectivity index (χ4v) is 2.05. The van der Waals surface area contributed by atoms with Gasteiger partial charge in [-0.05, 0) is 17.9 Å². The summed E-state index contributed by atoms with van der Waals surface area (Å²) in [5.74, 6) is -1.66. The molecule has 0 amide bonds. The van der Waals surface area contributed by atoms with Crippen LogP contribution in [0.3, 0.4) is 0 Å². The van der Waals surface area contributed by atoms with Crippen LogP contribution in [-0.4, -0.2) is 40.6 Å². The van der Waals surface area contributed by atoms with Gasteiger partial charge in [0, 0.05) is 12.5 Å². The molecule has 0 aliphatic heterocycles. The fourth-order valence-electron chi connectivity index (χ4n) is 2.05. The molecule has 0 saturated heterocycles. The van der Waals surface area contributed by atoms with Gasteiger partial charge >= 0.3 is 5.97 Å². The number of rotatable bonds is 5. The molecule has 26 heavy (non-hydrogen) atoms. The Balaban J connectivity index is 0.000000263. The molecule has 2 aromatic rings. The minimum absolute atomic E-state index is 0.0176. The largest absolute Gasteiger partial charge is 0.867 e. The van der Waals surface area contributed by atoms with Gasteiger partial charge in [0.05, 0.1) is 38.6 Å². The molecule has 2 rings (SSSR count). The van der Waals surface area contributed by atoms with Crippen molar-refractivity contribution in [2.75, 3.05) is 14.2 Å². The number of pyridine rings is 1. The Bertz CT molecular complexity index is 751. The number of aromatic carboxylic acids is 1. The van der Waals surface area contributed by atoms with Crippen LogP contribution in [0, 0.1) is 6.92 Å². The molecular weight excluding hydrogens is 346 g/mol. The number of hydrogen-bond acceptors (Lipinski definition) is 7. The normalized spacial score (nSPS) is 9.88. The second kappa shape index (κ2) is 9.44. The van der Waals surface area contributed by atoms with E-state index in [1.807, 2.05) is 0 Å².